The fraction of sp³-hybridized carbons (Fsp3) is 0.500. The van der Waals surface area contributed by atoms with Gasteiger partial charge in [-0.05, 0) is 49.8 Å². The lowest BCUT2D eigenvalue weighted by Gasteiger charge is -2.62. The van der Waals surface area contributed by atoms with E-state index in [-0.39, 0.29) is 17.9 Å². The molecule has 3 aromatic rings. The topological polar surface area (TPSA) is 94.5 Å². The van der Waals surface area contributed by atoms with E-state index < -0.39 is 11.0 Å². The van der Waals surface area contributed by atoms with Crippen molar-refractivity contribution < 1.29 is 14.9 Å². The minimum atomic E-state index is -0.976. The molecule has 2 bridgehead atoms. The van der Waals surface area contributed by atoms with Crippen molar-refractivity contribution in [3.05, 3.63) is 46.9 Å². The minimum absolute atomic E-state index is 0.0331. The molecule has 3 aliphatic carbocycles. The van der Waals surface area contributed by atoms with Gasteiger partial charge in [-0.3, -0.25) is 9.88 Å². The number of rotatable bonds is 2. The Bertz CT molecular complexity index is 1280. The zero-order valence-electron chi connectivity index (χ0n) is 17.1. The first-order valence-electron chi connectivity index (χ1n) is 11.4. The van der Waals surface area contributed by atoms with Crippen LogP contribution in [0.25, 0.3) is 11.2 Å². The highest BCUT2D eigenvalue weighted by Crippen LogP contribution is 2.68. The SMILES string of the molecule is Oc1ccc2c3c1O[C@H]1c4[nH]c5nccnc5c4C[C@@]4(O)C(C2)N(CC2CC2)CC[C@]314. The number of phenolic OH excluding ortho intramolecular Hbond substituents is 1. The second-order valence-corrected chi connectivity index (χ2v) is 10.2. The van der Waals surface area contributed by atoms with Crippen molar-refractivity contribution in [2.75, 3.05) is 13.1 Å². The Labute approximate surface area is 179 Å². The number of likely N-dealkylation sites (tertiary alicyclic amines) is 1. The Hall–Kier alpha value is -2.64. The number of nitrogens with zero attached hydrogens (tertiary/aromatic N) is 3. The summed E-state index contributed by atoms with van der Waals surface area (Å²) in [6.07, 6.45) is 7.76. The summed E-state index contributed by atoms with van der Waals surface area (Å²) in [7, 11) is 0. The van der Waals surface area contributed by atoms with E-state index in [0.29, 0.717) is 12.2 Å². The monoisotopic (exact) mass is 416 g/mol. The lowest BCUT2D eigenvalue weighted by molar-refractivity contribution is -0.173. The zero-order chi connectivity index (χ0) is 20.5. The summed E-state index contributed by atoms with van der Waals surface area (Å²) in [5.41, 5.74) is 4.24. The summed E-state index contributed by atoms with van der Waals surface area (Å²) in [6, 6.07) is 3.83. The van der Waals surface area contributed by atoms with Crippen molar-refractivity contribution in [3.8, 4) is 11.5 Å². The molecule has 5 aliphatic rings. The summed E-state index contributed by atoms with van der Waals surface area (Å²) in [4.78, 5) is 15.1. The van der Waals surface area contributed by atoms with Gasteiger partial charge in [-0.2, -0.15) is 0 Å². The standard InChI is InChI=1S/C24H24N4O3/c29-15-4-3-13-9-16-24(30)10-14-18(27-22-19(14)25-6-7-26-22)21-23(24,17(13)20(15)31-21)5-8-28(16)11-12-1-2-12/h3-4,6-7,12,16,21,29-30H,1-2,5,8-11H2,(H,26,27)/t16?,21-,23-,24+/m0/s1. The van der Waals surface area contributed by atoms with Crippen LogP contribution in [0.4, 0.5) is 0 Å². The maximum atomic E-state index is 12.7. The van der Waals surface area contributed by atoms with Gasteiger partial charge < -0.3 is 19.9 Å². The molecule has 7 nitrogen and oxygen atoms in total. The quantitative estimate of drug-likeness (QED) is 0.594. The number of aromatic hydroxyl groups is 1. The third-order valence-electron chi connectivity index (χ3n) is 8.78. The molecular weight excluding hydrogens is 392 g/mol. The molecule has 1 saturated heterocycles. The molecule has 4 heterocycles. The van der Waals surface area contributed by atoms with Crippen LogP contribution >= 0.6 is 0 Å². The van der Waals surface area contributed by atoms with Crippen LogP contribution in [0.5, 0.6) is 11.5 Å². The number of phenols is 1. The molecule has 2 aliphatic heterocycles. The number of hydrogen-bond acceptors (Lipinski definition) is 6. The Morgan fingerprint density at radius 2 is 2.10 bits per heavy atom. The van der Waals surface area contributed by atoms with Gasteiger partial charge in [0.05, 0.1) is 16.7 Å². The van der Waals surface area contributed by atoms with Crippen LogP contribution < -0.4 is 4.74 Å². The van der Waals surface area contributed by atoms with Crippen LogP contribution in [0.1, 0.15) is 47.8 Å². The number of hydrogen-bond donors (Lipinski definition) is 3. The first-order valence-corrected chi connectivity index (χ1v) is 11.4. The van der Waals surface area contributed by atoms with Gasteiger partial charge in [0, 0.05) is 42.5 Å². The van der Waals surface area contributed by atoms with Crippen molar-refractivity contribution in [1.29, 1.82) is 0 Å². The van der Waals surface area contributed by atoms with Gasteiger partial charge >= 0.3 is 0 Å². The van der Waals surface area contributed by atoms with Crippen LogP contribution in [0.2, 0.25) is 0 Å². The van der Waals surface area contributed by atoms with Crippen LogP contribution in [0.15, 0.2) is 24.5 Å². The fourth-order valence-electron chi connectivity index (χ4n) is 7.32. The summed E-state index contributed by atoms with van der Waals surface area (Å²) >= 11 is 0. The van der Waals surface area contributed by atoms with Crippen molar-refractivity contribution in [3.63, 3.8) is 0 Å². The second kappa shape index (κ2) is 5.22. The number of aromatic amines is 1. The van der Waals surface area contributed by atoms with E-state index in [9.17, 15) is 10.2 Å². The molecular formula is C24H24N4O3. The maximum Gasteiger partial charge on any atom is 0.166 e. The number of benzene rings is 1. The normalized spacial score (nSPS) is 35.0. The summed E-state index contributed by atoms with van der Waals surface area (Å²) in [6.45, 7) is 2.01. The lowest BCUT2D eigenvalue weighted by atomic mass is 9.49. The third-order valence-corrected chi connectivity index (χ3v) is 8.78. The van der Waals surface area contributed by atoms with E-state index in [2.05, 4.69) is 19.9 Å². The minimum Gasteiger partial charge on any atom is -0.504 e. The highest BCUT2D eigenvalue weighted by Gasteiger charge is 2.73. The van der Waals surface area contributed by atoms with Gasteiger partial charge in [0.1, 0.15) is 5.52 Å². The molecule has 7 heteroatoms. The summed E-state index contributed by atoms with van der Waals surface area (Å²) < 4.78 is 6.54. The van der Waals surface area contributed by atoms with Crippen molar-refractivity contribution in [2.45, 2.75) is 55.3 Å². The molecule has 1 saturated carbocycles. The number of ether oxygens (including phenoxy) is 1. The Balaban J connectivity index is 1.43. The molecule has 4 atom stereocenters. The van der Waals surface area contributed by atoms with Crippen molar-refractivity contribution in [2.24, 2.45) is 5.92 Å². The summed E-state index contributed by atoms with van der Waals surface area (Å²) in [5, 5.41) is 23.4. The van der Waals surface area contributed by atoms with Crippen LogP contribution in [0.3, 0.4) is 0 Å². The molecule has 158 valence electrons. The smallest absolute Gasteiger partial charge is 0.166 e. The van der Waals surface area contributed by atoms with Crippen LogP contribution in [0, 0.1) is 5.92 Å². The van der Waals surface area contributed by atoms with E-state index in [0.717, 1.165) is 59.8 Å². The van der Waals surface area contributed by atoms with E-state index in [4.69, 9.17) is 4.74 Å². The molecule has 1 aromatic carbocycles. The number of aliphatic hydroxyl groups is 1. The predicted molar refractivity (Wildman–Crippen MR) is 112 cm³/mol. The van der Waals surface area contributed by atoms with Crippen molar-refractivity contribution >= 4 is 11.2 Å². The fourth-order valence-corrected chi connectivity index (χ4v) is 7.32. The molecule has 31 heavy (non-hydrogen) atoms. The van der Waals surface area contributed by atoms with Crippen molar-refractivity contribution in [1.82, 2.24) is 19.9 Å². The average Bonchev–Trinajstić information content (AvgIpc) is 3.40. The van der Waals surface area contributed by atoms with E-state index in [1.54, 1.807) is 18.5 Å². The van der Waals surface area contributed by atoms with Crippen LogP contribution in [-0.2, 0) is 18.3 Å². The molecule has 0 radical (unpaired) electrons. The molecule has 1 unspecified atom stereocenters. The molecule has 1 spiro atoms. The number of fused-ring (bicyclic) bond motifs is 4. The maximum absolute atomic E-state index is 12.7. The molecule has 3 N–H and O–H groups in total. The Kier molecular flexibility index (Phi) is 2.86. The van der Waals surface area contributed by atoms with Gasteiger partial charge in [0.25, 0.3) is 0 Å². The lowest BCUT2D eigenvalue weighted by Crippen LogP contribution is -2.74. The number of nitrogens with one attached hydrogen (secondary N) is 1. The van der Waals surface area contributed by atoms with E-state index in [1.807, 2.05) is 6.07 Å². The largest absolute Gasteiger partial charge is 0.504 e. The molecule has 2 aromatic heterocycles. The number of aromatic nitrogens is 3. The molecule has 0 amide bonds. The third kappa shape index (κ3) is 1.82. The van der Waals surface area contributed by atoms with Gasteiger partial charge in [-0.1, -0.05) is 6.07 Å². The predicted octanol–water partition coefficient (Wildman–Crippen LogP) is 2.36. The number of piperidine rings is 1. The number of H-pyrrole nitrogens is 1. The summed E-state index contributed by atoms with van der Waals surface area (Å²) in [5.74, 6) is 1.49. The second-order valence-electron chi connectivity index (χ2n) is 10.2. The Morgan fingerprint density at radius 3 is 2.97 bits per heavy atom. The van der Waals surface area contributed by atoms with Gasteiger partial charge in [0.15, 0.2) is 23.3 Å². The van der Waals surface area contributed by atoms with E-state index in [1.165, 1.54) is 18.4 Å². The van der Waals surface area contributed by atoms with E-state index >= 15 is 0 Å². The van der Waals surface area contributed by atoms with Gasteiger partial charge in [-0.25, -0.2) is 4.98 Å². The Morgan fingerprint density at radius 1 is 1.23 bits per heavy atom. The van der Waals surface area contributed by atoms with Crippen LogP contribution in [-0.4, -0.2) is 54.8 Å². The average molecular weight is 416 g/mol. The highest BCUT2D eigenvalue weighted by atomic mass is 16.5. The first kappa shape index (κ1) is 17.0. The molecule has 8 rings (SSSR count). The highest BCUT2D eigenvalue weighted by molar-refractivity contribution is 5.79. The first-order chi connectivity index (χ1) is 15.1. The van der Waals surface area contributed by atoms with Gasteiger partial charge in [-0.15, -0.1) is 0 Å². The molecule has 2 fully saturated rings. The zero-order valence-corrected chi connectivity index (χ0v) is 17.1. The van der Waals surface area contributed by atoms with Gasteiger partial charge in [0.2, 0.25) is 0 Å².